The lowest BCUT2D eigenvalue weighted by Crippen LogP contribution is -2.32. The molecule has 1 atom stereocenters. The summed E-state index contributed by atoms with van der Waals surface area (Å²) in [6, 6.07) is 11.7. The van der Waals surface area contributed by atoms with Gasteiger partial charge in [-0.2, -0.15) is 0 Å². The first-order chi connectivity index (χ1) is 36.8. The zero-order valence-corrected chi connectivity index (χ0v) is 47.2. The fourth-order valence-electron chi connectivity index (χ4n) is 8.84. The second-order valence-electron chi connectivity index (χ2n) is 19.6. The van der Waals surface area contributed by atoms with E-state index in [1.54, 1.807) is 25.2 Å². The van der Waals surface area contributed by atoms with Crippen LogP contribution in [0.25, 0.3) is 17.4 Å². The van der Waals surface area contributed by atoms with Crippen molar-refractivity contribution < 1.29 is 91.0 Å². The van der Waals surface area contributed by atoms with Crippen LogP contribution in [0.3, 0.4) is 0 Å². The molecule has 0 spiro atoms. The van der Waals surface area contributed by atoms with E-state index in [0.717, 1.165) is 16.5 Å². The van der Waals surface area contributed by atoms with E-state index >= 15 is 0 Å². The van der Waals surface area contributed by atoms with Gasteiger partial charge in [0.1, 0.15) is 34.7 Å². The molecule has 0 N–H and O–H groups in total. The van der Waals surface area contributed by atoms with Crippen LogP contribution in [0.1, 0.15) is 90.0 Å². The molecule has 1 aromatic rings. The summed E-state index contributed by atoms with van der Waals surface area (Å²) in [5.74, 6) is -1.95. The Labute approximate surface area is 456 Å². The molecule has 1 aliphatic carbocycles. The third-order valence-electron chi connectivity index (χ3n) is 12.7. The van der Waals surface area contributed by atoms with Crippen LogP contribution in [0.4, 0.5) is 5.69 Å². The maximum Gasteiger partial charge on any atom is 0.335 e. The average Bonchev–Trinajstić information content (AvgIpc) is 4.05. The minimum atomic E-state index is -4.90. The third kappa shape index (κ3) is 20.0. The van der Waals surface area contributed by atoms with Crippen LogP contribution in [0, 0.1) is 0 Å². The van der Waals surface area contributed by atoms with Crippen molar-refractivity contribution in [2.24, 2.45) is 0 Å². The SMILES string of the molecule is CC[N+](CCCS(=O)(=O)[O-])=c1ccc2c(C(C)(C)C)cc(/C=C/C=C3/N(CCOCCOCCOCCOCCOCCOCCC(=O)ON4C(=O)CCC4=O)c4ccc(S(=O)(=O)[O-])cc4C3(C)CCCS(=O)(=O)[O-])oc-2c1. The fraction of sp³-hybridized carbons (Fsp3) is 0.577. The lowest BCUT2D eigenvalue weighted by molar-refractivity contribution is -0.198. The van der Waals surface area contributed by atoms with Crippen LogP contribution < -0.4 is 14.8 Å². The largest absolute Gasteiger partial charge is 0.748 e. The molecule has 0 radical (unpaired) electrons. The van der Waals surface area contributed by atoms with Gasteiger partial charge in [-0.25, -0.2) is 34.6 Å². The first kappa shape index (κ1) is 63.9. The number of nitrogens with zero attached hydrogens (tertiary/aromatic N) is 3. The molecule has 2 amide bonds. The number of rotatable bonds is 34. The molecule has 78 heavy (non-hydrogen) atoms. The minimum absolute atomic E-state index is 0.0201. The molecule has 1 unspecified atom stereocenters. The van der Waals surface area contributed by atoms with E-state index in [4.69, 9.17) is 37.7 Å². The zero-order valence-electron chi connectivity index (χ0n) is 44.8. The molecule has 0 saturated carbocycles. The zero-order chi connectivity index (χ0) is 57.2. The van der Waals surface area contributed by atoms with E-state index in [0.29, 0.717) is 79.7 Å². The molecule has 434 valence electrons. The van der Waals surface area contributed by atoms with E-state index in [2.05, 4.69) is 20.8 Å². The normalized spacial score (nSPS) is 17.3. The van der Waals surface area contributed by atoms with Crippen molar-refractivity contribution in [3.05, 3.63) is 82.6 Å². The lowest BCUT2D eigenvalue weighted by Gasteiger charge is -2.30. The third-order valence-corrected chi connectivity index (χ3v) is 15.1. The average molecular weight is 1150 g/mol. The molecule has 5 rings (SSSR count). The Bertz CT molecular complexity index is 2950. The minimum Gasteiger partial charge on any atom is -0.748 e. The summed E-state index contributed by atoms with van der Waals surface area (Å²) < 4.78 is 148. The lowest BCUT2D eigenvalue weighted by atomic mass is 9.77. The standard InChI is InChI=1S/C52H73N3O20S3/c1-6-53(20-9-35-77(62,63)64)39-12-14-42-43(51(2,3)4)37-40(74-46(42)36-39)10-7-11-47-52(5,19-8-34-76(59,60)61)44-38-41(78(65,66)67)13-15-45(44)54(47)21-23-69-25-27-71-29-31-73-33-32-72-30-28-70-26-24-68-22-18-50(58)75-55-48(56)16-17-49(55)57/h7,10-15,36-38H,6,8-9,16-35H2,1-5H3,(H2-,59,60,61,62,63,64,65,66,67)/p-2. The van der Waals surface area contributed by atoms with Crippen molar-refractivity contribution in [1.82, 2.24) is 9.64 Å². The Morgan fingerprint density at radius 1 is 0.744 bits per heavy atom. The van der Waals surface area contributed by atoms with Gasteiger partial charge in [0.05, 0.1) is 117 Å². The number of benzene rings is 2. The molecule has 3 heterocycles. The van der Waals surface area contributed by atoms with E-state index < -0.39 is 70.0 Å². The number of imide groups is 1. The highest BCUT2D eigenvalue weighted by Gasteiger charge is 2.43. The predicted octanol–water partition coefficient (Wildman–Crippen LogP) is 3.41. The topological polar surface area (TPSA) is 310 Å². The summed E-state index contributed by atoms with van der Waals surface area (Å²) in [6.07, 6.45) is 5.41. The van der Waals surface area contributed by atoms with E-state index in [9.17, 15) is 53.3 Å². The number of hydrogen-bond donors (Lipinski definition) is 0. The summed E-state index contributed by atoms with van der Waals surface area (Å²) in [7, 11) is -13.9. The molecule has 0 aromatic heterocycles. The van der Waals surface area contributed by atoms with Gasteiger partial charge in [-0.15, -0.1) is 5.06 Å². The highest BCUT2D eigenvalue weighted by molar-refractivity contribution is 7.86. The predicted molar refractivity (Wildman–Crippen MR) is 281 cm³/mol. The van der Waals surface area contributed by atoms with Crippen molar-refractivity contribution in [1.29, 1.82) is 0 Å². The van der Waals surface area contributed by atoms with Gasteiger partial charge in [0.15, 0.2) is 0 Å². The molecule has 3 aliphatic heterocycles. The van der Waals surface area contributed by atoms with Gasteiger partial charge >= 0.3 is 5.97 Å². The molecule has 1 saturated heterocycles. The second kappa shape index (κ2) is 29.5. The van der Waals surface area contributed by atoms with Crippen molar-refractivity contribution in [3.63, 3.8) is 0 Å². The van der Waals surface area contributed by atoms with E-state index in [1.807, 2.05) is 40.7 Å². The van der Waals surface area contributed by atoms with Crippen LogP contribution >= 0.6 is 0 Å². The molecule has 26 heteroatoms. The van der Waals surface area contributed by atoms with Crippen LogP contribution in [-0.4, -0.2) is 172 Å². The Morgan fingerprint density at radius 3 is 1.83 bits per heavy atom. The highest BCUT2D eigenvalue weighted by atomic mass is 32.2. The Kier molecular flexibility index (Phi) is 24.1. The van der Waals surface area contributed by atoms with Gasteiger partial charge in [-0.05, 0) is 85.7 Å². The molecule has 4 aliphatic rings. The van der Waals surface area contributed by atoms with Crippen molar-refractivity contribution in [3.8, 4) is 11.3 Å². The number of hydroxylamine groups is 2. The smallest absolute Gasteiger partial charge is 0.335 e. The quantitative estimate of drug-likeness (QED) is 0.0358. The van der Waals surface area contributed by atoms with Crippen molar-refractivity contribution in [2.45, 2.75) is 88.9 Å². The summed E-state index contributed by atoms with van der Waals surface area (Å²) in [4.78, 5) is 41.0. The van der Waals surface area contributed by atoms with Gasteiger partial charge in [0.2, 0.25) is 5.36 Å². The number of ether oxygens (including phenoxy) is 6. The summed E-state index contributed by atoms with van der Waals surface area (Å²) in [5.41, 5.74) is 2.04. The molecule has 1 aromatic carbocycles. The first-order valence-corrected chi connectivity index (χ1v) is 30.2. The summed E-state index contributed by atoms with van der Waals surface area (Å²) in [5, 5.41) is 1.26. The van der Waals surface area contributed by atoms with Gasteiger partial charge in [0, 0.05) is 65.7 Å². The number of anilines is 1. The number of hydrogen-bond acceptors (Lipinski definition) is 21. The Morgan fingerprint density at radius 2 is 1.29 bits per heavy atom. The van der Waals surface area contributed by atoms with Gasteiger partial charge in [-0.3, -0.25) is 9.59 Å². The van der Waals surface area contributed by atoms with Crippen molar-refractivity contribution >= 4 is 59.9 Å². The maximum atomic E-state index is 12.3. The maximum absolute atomic E-state index is 12.3. The fourth-order valence-corrected chi connectivity index (χ4v) is 10.3. The van der Waals surface area contributed by atoms with Crippen LogP contribution in [0.5, 0.6) is 0 Å². The Hall–Kier alpha value is -4.97. The van der Waals surface area contributed by atoms with E-state index in [1.165, 1.54) is 18.2 Å². The number of allylic oxidation sites excluding steroid dienone is 3. The molecular formula is C52H71N3O20S3-2. The first-order valence-electron chi connectivity index (χ1n) is 25.6. The van der Waals surface area contributed by atoms with Gasteiger partial charge < -0.3 is 56.2 Å². The number of amides is 2. The number of carbonyl (C=O) groups is 3. The van der Waals surface area contributed by atoms with Crippen LogP contribution in [0.2, 0.25) is 0 Å². The second-order valence-corrected chi connectivity index (χ2v) is 24.0. The molecular weight excluding hydrogens is 1080 g/mol. The number of fused-ring (bicyclic) bond motifs is 2. The van der Waals surface area contributed by atoms with Crippen LogP contribution in [-0.2, 0) is 88.8 Å². The summed E-state index contributed by atoms with van der Waals surface area (Å²) >= 11 is 0. The molecule has 23 nitrogen and oxygen atoms in total. The highest BCUT2D eigenvalue weighted by Crippen LogP contribution is 2.51. The van der Waals surface area contributed by atoms with Crippen LogP contribution in [0.15, 0.2) is 69.6 Å². The Balaban J connectivity index is 1.16. The monoisotopic (exact) mass is 1150 g/mol. The molecule has 0 bridgehead atoms. The van der Waals surface area contributed by atoms with Crippen molar-refractivity contribution in [2.75, 3.05) is 115 Å². The van der Waals surface area contributed by atoms with Gasteiger partial charge in [0.25, 0.3) is 11.8 Å². The van der Waals surface area contributed by atoms with E-state index in [-0.39, 0.29) is 96.7 Å². The van der Waals surface area contributed by atoms with Gasteiger partial charge in [-0.1, -0.05) is 26.8 Å². The summed E-state index contributed by atoms with van der Waals surface area (Å²) in [6.45, 7) is 14.1. The molecule has 1 fully saturated rings. The number of carbonyl (C=O) groups excluding carboxylic acids is 3.